The number of anilines is 1. The maximum Gasteiger partial charge on any atom is 0.254 e. The van der Waals surface area contributed by atoms with Crippen LogP contribution in [0, 0.1) is 5.92 Å². The lowest BCUT2D eigenvalue weighted by Crippen LogP contribution is -2.41. The molecule has 3 heterocycles. The van der Waals surface area contributed by atoms with Gasteiger partial charge in [-0.2, -0.15) is 0 Å². The Kier molecular flexibility index (Phi) is 5.65. The number of pyridine rings is 2. The molecule has 25 heavy (non-hydrogen) atoms. The summed E-state index contributed by atoms with van der Waals surface area (Å²) in [6.45, 7) is 1.06. The van der Waals surface area contributed by atoms with E-state index in [1.54, 1.807) is 29.3 Å². The van der Waals surface area contributed by atoms with Gasteiger partial charge in [-0.1, -0.05) is 11.6 Å². The molecule has 2 aromatic rings. The number of likely N-dealkylation sites (tertiary alicyclic amines) is 1. The fraction of sp³-hybridized carbons (Fsp3) is 0.294. The molecule has 1 aliphatic rings. The lowest BCUT2D eigenvalue weighted by molar-refractivity contribution is -0.121. The number of carbonyl (C=O) groups is 2. The van der Waals surface area contributed by atoms with E-state index < -0.39 is 0 Å². The average Bonchev–Trinajstić information content (AvgIpc) is 2.63. The molecule has 0 spiro atoms. The minimum absolute atomic E-state index is 0.0612. The van der Waals surface area contributed by atoms with Crippen molar-refractivity contribution in [2.45, 2.75) is 12.8 Å². The Morgan fingerprint density at radius 3 is 2.60 bits per heavy atom. The normalized spacial score (nSPS) is 15.0. The standard InChI is InChI=1S/C17H16BrClN4O2/c18-13-1-2-15(21-10-13)22-16(24)11-4-7-23(8-5-11)17(25)12-3-6-20-14(19)9-12/h1-3,6,9-11H,4-5,7-8H2,(H,21,22,24). The van der Waals surface area contributed by atoms with Crippen molar-refractivity contribution in [3.63, 3.8) is 0 Å². The van der Waals surface area contributed by atoms with Crippen LogP contribution in [-0.2, 0) is 4.79 Å². The van der Waals surface area contributed by atoms with Crippen LogP contribution < -0.4 is 5.32 Å². The van der Waals surface area contributed by atoms with Crippen LogP contribution in [0.5, 0.6) is 0 Å². The third kappa shape index (κ3) is 4.55. The summed E-state index contributed by atoms with van der Waals surface area (Å²) in [7, 11) is 0. The van der Waals surface area contributed by atoms with Gasteiger partial charge in [0.1, 0.15) is 11.0 Å². The Labute approximate surface area is 158 Å². The van der Waals surface area contributed by atoms with E-state index >= 15 is 0 Å². The van der Waals surface area contributed by atoms with E-state index in [4.69, 9.17) is 11.6 Å². The third-order valence-electron chi connectivity index (χ3n) is 4.11. The van der Waals surface area contributed by atoms with Crippen LogP contribution in [0.15, 0.2) is 41.1 Å². The molecule has 0 saturated carbocycles. The van der Waals surface area contributed by atoms with E-state index in [-0.39, 0.29) is 17.7 Å². The molecule has 1 fully saturated rings. The highest BCUT2D eigenvalue weighted by atomic mass is 79.9. The predicted molar refractivity (Wildman–Crippen MR) is 98.4 cm³/mol. The van der Waals surface area contributed by atoms with Gasteiger partial charge in [-0.3, -0.25) is 9.59 Å². The summed E-state index contributed by atoms with van der Waals surface area (Å²) in [5, 5.41) is 3.12. The van der Waals surface area contributed by atoms with Gasteiger partial charge in [0, 0.05) is 41.4 Å². The second kappa shape index (κ2) is 7.93. The summed E-state index contributed by atoms with van der Waals surface area (Å²) in [5.41, 5.74) is 0.516. The summed E-state index contributed by atoms with van der Waals surface area (Å²) >= 11 is 9.14. The summed E-state index contributed by atoms with van der Waals surface area (Å²) in [6.07, 6.45) is 4.39. The van der Waals surface area contributed by atoms with E-state index in [1.807, 2.05) is 6.07 Å². The first kappa shape index (κ1) is 17.8. The summed E-state index contributed by atoms with van der Waals surface area (Å²) in [4.78, 5) is 34.6. The number of piperidine rings is 1. The molecule has 0 unspecified atom stereocenters. The molecule has 2 amide bonds. The Morgan fingerprint density at radius 1 is 1.20 bits per heavy atom. The molecular formula is C17H16BrClN4O2. The number of aromatic nitrogens is 2. The van der Waals surface area contributed by atoms with Crippen molar-refractivity contribution < 1.29 is 9.59 Å². The first-order chi connectivity index (χ1) is 12.0. The SMILES string of the molecule is O=C(Nc1ccc(Br)cn1)C1CCN(C(=O)c2ccnc(Cl)c2)CC1. The average molecular weight is 424 g/mol. The maximum absolute atomic E-state index is 12.5. The van der Waals surface area contributed by atoms with Crippen LogP contribution in [-0.4, -0.2) is 39.8 Å². The Balaban J connectivity index is 1.55. The quantitative estimate of drug-likeness (QED) is 0.768. The molecule has 0 radical (unpaired) electrons. The number of hydrogen-bond donors (Lipinski definition) is 1. The van der Waals surface area contributed by atoms with Crippen molar-refractivity contribution in [2.24, 2.45) is 5.92 Å². The van der Waals surface area contributed by atoms with E-state index in [2.05, 4.69) is 31.2 Å². The lowest BCUT2D eigenvalue weighted by Gasteiger charge is -2.31. The molecule has 3 rings (SSSR count). The molecule has 0 atom stereocenters. The summed E-state index contributed by atoms with van der Waals surface area (Å²) in [5.74, 6) is 0.250. The van der Waals surface area contributed by atoms with Gasteiger partial charge >= 0.3 is 0 Å². The fourth-order valence-electron chi connectivity index (χ4n) is 2.74. The van der Waals surface area contributed by atoms with Gasteiger partial charge in [0.25, 0.3) is 5.91 Å². The van der Waals surface area contributed by atoms with E-state index in [1.165, 1.54) is 6.20 Å². The highest BCUT2D eigenvalue weighted by molar-refractivity contribution is 9.10. The highest BCUT2D eigenvalue weighted by Gasteiger charge is 2.28. The third-order valence-corrected chi connectivity index (χ3v) is 4.78. The topological polar surface area (TPSA) is 75.2 Å². The number of rotatable bonds is 3. The number of halogens is 2. The predicted octanol–water partition coefficient (Wildman–Crippen LogP) is 3.38. The lowest BCUT2D eigenvalue weighted by atomic mass is 9.95. The number of hydrogen-bond acceptors (Lipinski definition) is 4. The monoisotopic (exact) mass is 422 g/mol. The molecule has 130 valence electrons. The molecule has 6 nitrogen and oxygen atoms in total. The molecule has 0 aliphatic carbocycles. The molecule has 2 aromatic heterocycles. The minimum Gasteiger partial charge on any atom is -0.339 e. The maximum atomic E-state index is 12.5. The summed E-state index contributed by atoms with van der Waals surface area (Å²) in [6, 6.07) is 6.77. The van der Waals surface area contributed by atoms with Gasteiger partial charge in [-0.25, -0.2) is 9.97 Å². The van der Waals surface area contributed by atoms with Crippen molar-refractivity contribution in [1.29, 1.82) is 0 Å². The fourth-order valence-corrected chi connectivity index (χ4v) is 3.15. The molecule has 1 N–H and O–H groups in total. The van der Waals surface area contributed by atoms with Crippen LogP contribution in [0.25, 0.3) is 0 Å². The largest absolute Gasteiger partial charge is 0.339 e. The molecule has 0 aromatic carbocycles. The summed E-state index contributed by atoms with van der Waals surface area (Å²) < 4.78 is 0.855. The molecule has 1 aliphatic heterocycles. The second-order valence-corrected chi connectivity index (χ2v) is 7.09. The Hall–Kier alpha value is -1.99. The number of nitrogens with one attached hydrogen (secondary N) is 1. The Bertz CT molecular complexity index is 776. The molecule has 0 bridgehead atoms. The van der Waals surface area contributed by atoms with Crippen molar-refractivity contribution in [3.05, 3.63) is 51.8 Å². The van der Waals surface area contributed by atoms with Crippen LogP contribution in [0.3, 0.4) is 0 Å². The number of amides is 2. The van der Waals surface area contributed by atoms with Gasteiger partial charge in [0.2, 0.25) is 5.91 Å². The van der Waals surface area contributed by atoms with Gasteiger partial charge in [-0.15, -0.1) is 0 Å². The van der Waals surface area contributed by atoms with Gasteiger partial charge in [0.15, 0.2) is 0 Å². The van der Waals surface area contributed by atoms with Crippen LogP contribution in [0.2, 0.25) is 5.15 Å². The van der Waals surface area contributed by atoms with Crippen molar-refractivity contribution in [3.8, 4) is 0 Å². The zero-order chi connectivity index (χ0) is 17.8. The van der Waals surface area contributed by atoms with Crippen LogP contribution in [0.4, 0.5) is 5.82 Å². The van der Waals surface area contributed by atoms with E-state index in [0.29, 0.717) is 42.5 Å². The first-order valence-electron chi connectivity index (χ1n) is 7.86. The first-order valence-corrected chi connectivity index (χ1v) is 9.03. The highest BCUT2D eigenvalue weighted by Crippen LogP contribution is 2.21. The molecule has 8 heteroatoms. The van der Waals surface area contributed by atoms with Gasteiger partial charge in [0.05, 0.1) is 0 Å². The zero-order valence-corrected chi connectivity index (χ0v) is 15.6. The second-order valence-electron chi connectivity index (χ2n) is 5.78. The van der Waals surface area contributed by atoms with Crippen LogP contribution >= 0.6 is 27.5 Å². The van der Waals surface area contributed by atoms with E-state index in [0.717, 1.165) is 4.47 Å². The smallest absolute Gasteiger partial charge is 0.254 e. The van der Waals surface area contributed by atoms with Gasteiger partial charge < -0.3 is 10.2 Å². The number of carbonyl (C=O) groups excluding carboxylic acids is 2. The van der Waals surface area contributed by atoms with Crippen molar-refractivity contribution >= 4 is 45.2 Å². The zero-order valence-electron chi connectivity index (χ0n) is 13.3. The molecular weight excluding hydrogens is 408 g/mol. The van der Waals surface area contributed by atoms with Crippen molar-refractivity contribution in [1.82, 2.24) is 14.9 Å². The minimum atomic E-state index is -0.129. The van der Waals surface area contributed by atoms with Crippen molar-refractivity contribution in [2.75, 3.05) is 18.4 Å². The Morgan fingerprint density at radius 2 is 1.96 bits per heavy atom. The van der Waals surface area contributed by atoms with Gasteiger partial charge in [-0.05, 0) is 53.0 Å². The van der Waals surface area contributed by atoms with Crippen LogP contribution in [0.1, 0.15) is 23.2 Å². The number of nitrogens with zero attached hydrogens (tertiary/aromatic N) is 3. The molecule has 1 saturated heterocycles. The van der Waals surface area contributed by atoms with E-state index in [9.17, 15) is 9.59 Å².